The van der Waals surface area contributed by atoms with Crippen LogP contribution in [0.15, 0.2) is 47.1 Å². The number of halogens is 2. The Morgan fingerprint density at radius 1 is 1.12 bits per heavy atom. The van der Waals surface area contributed by atoms with Crippen LogP contribution in [-0.2, 0) is 19.6 Å². The Bertz CT molecular complexity index is 1120. The van der Waals surface area contributed by atoms with Crippen LogP contribution in [0.25, 0.3) is 0 Å². The van der Waals surface area contributed by atoms with Gasteiger partial charge in [-0.05, 0) is 37.6 Å². The molecule has 7 nitrogen and oxygen atoms in total. The van der Waals surface area contributed by atoms with E-state index in [0.29, 0.717) is 29.5 Å². The second-order valence-electron chi connectivity index (χ2n) is 7.73. The van der Waals surface area contributed by atoms with Crippen LogP contribution < -0.4 is 14.8 Å². The molecule has 0 saturated carbocycles. The van der Waals surface area contributed by atoms with Crippen molar-refractivity contribution in [1.82, 2.24) is 15.2 Å². The van der Waals surface area contributed by atoms with E-state index in [-0.39, 0.29) is 37.5 Å². The quantitative estimate of drug-likeness (QED) is 0.567. The minimum atomic E-state index is -0.619. The molecule has 9 heteroatoms. The van der Waals surface area contributed by atoms with Gasteiger partial charge in [-0.15, -0.1) is 0 Å². The van der Waals surface area contributed by atoms with E-state index in [9.17, 15) is 13.6 Å². The molecule has 0 radical (unpaired) electrons. The minimum absolute atomic E-state index is 0.0367. The van der Waals surface area contributed by atoms with E-state index in [1.54, 1.807) is 6.07 Å². The molecule has 32 heavy (non-hydrogen) atoms. The van der Waals surface area contributed by atoms with Gasteiger partial charge in [0.1, 0.15) is 17.9 Å². The number of benzene rings is 2. The molecule has 0 unspecified atom stereocenters. The number of hydrogen-bond acceptors (Lipinski definition) is 6. The lowest BCUT2D eigenvalue weighted by Crippen LogP contribution is -2.30. The number of aromatic nitrogens is 1. The third kappa shape index (κ3) is 5.05. The first-order valence-electron chi connectivity index (χ1n) is 10.2. The van der Waals surface area contributed by atoms with Crippen molar-refractivity contribution in [2.24, 2.45) is 0 Å². The lowest BCUT2D eigenvalue weighted by atomic mass is 10.1. The van der Waals surface area contributed by atoms with Gasteiger partial charge in [0.25, 0.3) is 5.91 Å². The number of hydrogen-bond donors (Lipinski definition) is 1. The first-order chi connectivity index (χ1) is 15.4. The van der Waals surface area contributed by atoms with E-state index in [0.717, 1.165) is 11.6 Å². The molecule has 1 aliphatic heterocycles. The second-order valence-corrected chi connectivity index (χ2v) is 7.73. The standard InChI is InChI=1S/C23H23F2N3O4/c1-14(2)28(10-16-4-5-17(24)8-18(16)25)11-22-27-19(12-30-22)23(29)26-9-15-3-6-20-21(7-15)32-13-31-20/h3-8,12,14H,9-11,13H2,1-2H3,(H,26,29). The Morgan fingerprint density at radius 2 is 1.94 bits per heavy atom. The minimum Gasteiger partial charge on any atom is -0.454 e. The molecule has 1 aromatic heterocycles. The van der Waals surface area contributed by atoms with Crippen LogP contribution in [0, 0.1) is 11.6 Å². The molecule has 2 aromatic carbocycles. The summed E-state index contributed by atoms with van der Waals surface area (Å²) in [6.45, 7) is 4.89. The van der Waals surface area contributed by atoms with Crippen LogP contribution >= 0.6 is 0 Å². The highest BCUT2D eigenvalue weighted by Gasteiger charge is 2.19. The number of amides is 1. The van der Waals surface area contributed by atoms with Crippen LogP contribution in [0.3, 0.4) is 0 Å². The van der Waals surface area contributed by atoms with Crippen molar-refractivity contribution in [3.63, 3.8) is 0 Å². The summed E-state index contributed by atoms with van der Waals surface area (Å²) in [7, 11) is 0. The summed E-state index contributed by atoms with van der Waals surface area (Å²) in [5.74, 6) is 0.0502. The van der Waals surface area contributed by atoms with E-state index in [2.05, 4.69) is 10.3 Å². The number of rotatable bonds is 8. The average Bonchev–Trinajstić information content (AvgIpc) is 3.42. The van der Waals surface area contributed by atoms with Crippen molar-refractivity contribution in [3.8, 4) is 11.5 Å². The van der Waals surface area contributed by atoms with Gasteiger partial charge in [0.2, 0.25) is 12.7 Å². The lowest BCUT2D eigenvalue weighted by molar-refractivity contribution is 0.0945. The summed E-state index contributed by atoms with van der Waals surface area (Å²) in [6.07, 6.45) is 1.29. The van der Waals surface area contributed by atoms with E-state index in [1.807, 2.05) is 30.9 Å². The largest absolute Gasteiger partial charge is 0.454 e. The van der Waals surface area contributed by atoms with E-state index in [4.69, 9.17) is 13.9 Å². The average molecular weight is 443 g/mol. The van der Waals surface area contributed by atoms with Crippen molar-refractivity contribution >= 4 is 5.91 Å². The van der Waals surface area contributed by atoms with Gasteiger partial charge in [-0.1, -0.05) is 12.1 Å². The number of fused-ring (bicyclic) bond motifs is 1. The molecule has 2 heterocycles. The predicted octanol–water partition coefficient (Wildman–Crippen LogP) is 4.02. The van der Waals surface area contributed by atoms with Gasteiger partial charge in [0, 0.05) is 30.8 Å². The Balaban J connectivity index is 1.36. The number of nitrogens with zero attached hydrogens (tertiary/aromatic N) is 2. The summed E-state index contributed by atoms with van der Waals surface area (Å²) in [5.41, 5.74) is 1.38. The summed E-state index contributed by atoms with van der Waals surface area (Å²) in [4.78, 5) is 18.6. The van der Waals surface area contributed by atoms with Gasteiger partial charge in [0.15, 0.2) is 17.2 Å². The molecule has 0 aliphatic carbocycles. The topological polar surface area (TPSA) is 76.8 Å². The van der Waals surface area contributed by atoms with E-state index < -0.39 is 11.6 Å². The first-order valence-corrected chi connectivity index (χ1v) is 10.2. The highest BCUT2D eigenvalue weighted by molar-refractivity contribution is 5.91. The van der Waals surface area contributed by atoms with Crippen LogP contribution in [0.4, 0.5) is 8.78 Å². The SMILES string of the molecule is CC(C)N(Cc1nc(C(=O)NCc2ccc3c(c2)OCO3)co1)Cc1ccc(F)cc1F. The molecule has 168 valence electrons. The fourth-order valence-electron chi connectivity index (χ4n) is 3.28. The second kappa shape index (κ2) is 9.35. The van der Waals surface area contributed by atoms with Gasteiger partial charge < -0.3 is 19.2 Å². The maximum Gasteiger partial charge on any atom is 0.273 e. The van der Waals surface area contributed by atoms with Crippen LogP contribution in [-0.4, -0.2) is 28.6 Å². The summed E-state index contributed by atoms with van der Waals surface area (Å²) in [5, 5.41) is 2.79. The van der Waals surface area contributed by atoms with Crippen molar-refractivity contribution in [2.45, 2.75) is 39.5 Å². The number of ether oxygens (including phenoxy) is 2. The Morgan fingerprint density at radius 3 is 2.72 bits per heavy atom. The molecule has 1 amide bonds. The zero-order valence-electron chi connectivity index (χ0n) is 17.7. The smallest absolute Gasteiger partial charge is 0.273 e. The predicted molar refractivity (Wildman–Crippen MR) is 111 cm³/mol. The highest BCUT2D eigenvalue weighted by Crippen LogP contribution is 2.32. The molecule has 1 aliphatic rings. The summed E-state index contributed by atoms with van der Waals surface area (Å²) < 4.78 is 43.3. The van der Waals surface area contributed by atoms with Crippen LogP contribution in [0.5, 0.6) is 11.5 Å². The van der Waals surface area contributed by atoms with E-state index >= 15 is 0 Å². The molecular weight excluding hydrogens is 420 g/mol. The number of carbonyl (C=O) groups is 1. The Hall–Kier alpha value is -3.46. The van der Waals surface area contributed by atoms with Gasteiger partial charge in [0.05, 0.1) is 6.54 Å². The first kappa shape index (κ1) is 21.8. The third-order valence-electron chi connectivity index (χ3n) is 5.13. The monoisotopic (exact) mass is 443 g/mol. The van der Waals surface area contributed by atoms with Crippen molar-refractivity contribution < 1.29 is 27.5 Å². The molecule has 3 aromatic rings. The normalized spacial score (nSPS) is 12.6. The Labute approximate surface area is 184 Å². The van der Waals surface area contributed by atoms with Crippen molar-refractivity contribution in [2.75, 3.05) is 6.79 Å². The molecule has 0 atom stereocenters. The van der Waals surface area contributed by atoms with Crippen LogP contribution in [0.1, 0.15) is 41.4 Å². The van der Waals surface area contributed by atoms with Crippen molar-refractivity contribution in [3.05, 3.63) is 77.0 Å². The Kier molecular flexibility index (Phi) is 6.36. The molecule has 0 spiro atoms. The summed E-state index contributed by atoms with van der Waals surface area (Å²) in [6, 6.07) is 9.00. The summed E-state index contributed by atoms with van der Waals surface area (Å²) >= 11 is 0. The fraction of sp³-hybridized carbons (Fsp3) is 0.304. The fourth-order valence-corrected chi connectivity index (χ4v) is 3.28. The van der Waals surface area contributed by atoms with Gasteiger partial charge >= 0.3 is 0 Å². The molecule has 0 bridgehead atoms. The molecule has 0 saturated heterocycles. The molecular formula is C23H23F2N3O4. The third-order valence-corrected chi connectivity index (χ3v) is 5.13. The highest BCUT2D eigenvalue weighted by atomic mass is 19.1. The zero-order valence-corrected chi connectivity index (χ0v) is 17.7. The van der Waals surface area contributed by atoms with Crippen LogP contribution in [0.2, 0.25) is 0 Å². The molecule has 0 fully saturated rings. The van der Waals surface area contributed by atoms with E-state index in [1.165, 1.54) is 18.4 Å². The number of oxazole rings is 1. The number of carbonyl (C=O) groups excluding carboxylic acids is 1. The van der Waals surface area contributed by atoms with Gasteiger partial charge in [-0.3, -0.25) is 9.69 Å². The molecule has 4 rings (SSSR count). The van der Waals surface area contributed by atoms with Gasteiger partial charge in [-0.25, -0.2) is 13.8 Å². The molecule has 1 N–H and O–H groups in total. The van der Waals surface area contributed by atoms with Gasteiger partial charge in [-0.2, -0.15) is 0 Å². The van der Waals surface area contributed by atoms with Crippen molar-refractivity contribution in [1.29, 1.82) is 0 Å². The lowest BCUT2D eigenvalue weighted by Gasteiger charge is -2.25. The maximum atomic E-state index is 14.0. The maximum absolute atomic E-state index is 14.0. The number of nitrogens with one attached hydrogen (secondary N) is 1. The zero-order chi connectivity index (χ0) is 22.7.